The van der Waals surface area contributed by atoms with Gasteiger partial charge in [-0.25, -0.2) is 4.57 Å². The second kappa shape index (κ2) is 10.8. The Hall–Kier alpha value is -1.11. The predicted molar refractivity (Wildman–Crippen MR) is 68.3 cm³/mol. The minimum absolute atomic E-state index is 0.158. The minimum Gasteiger partial charge on any atom is -0.356 e. The minimum atomic E-state index is -3.86. The maximum atomic E-state index is 11.0. The zero-order valence-electron chi connectivity index (χ0n) is 10.8. The summed E-state index contributed by atoms with van der Waals surface area (Å²) >= 11 is 0. The molecule has 2 N–H and O–H groups in total. The third-order valence-electron chi connectivity index (χ3n) is 2.16. The lowest BCUT2D eigenvalue weighted by molar-refractivity contribution is -0.119. The molecule has 10 heteroatoms. The Balaban J connectivity index is 3.34. The first kappa shape index (κ1) is 17.9. The van der Waals surface area contributed by atoms with E-state index in [1.165, 1.54) is 0 Å². The van der Waals surface area contributed by atoms with Crippen molar-refractivity contribution in [3.8, 4) is 0 Å². The van der Waals surface area contributed by atoms with Crippen LogP contribution in [0.3, 0.4) is 0 Å². The van der Waals surface area contributed by atoms with Crippen LogP contribution in [0.4, 0.5) is 0 Å². The first-order chi connectivity index (χ1) is 9.02. The number of hydrogen-bond donors (Lipinski definition) is 2. The molecule has 9 nitrogen and oxygen atoms in total. The Morgan fingerprint density at radius 3 is 2.74 bits per heavy atom. The molecular formula is C9H19N4O5P. The summed E-state index contributed by atoms with van der Waals surface area (Å²) < 4.78 is 19.8. The van der Waals surface area contributed by atoms with E-state index in [2.05, 4.69) is 24.4 Å². The summed E-state index contributed by atoms with van der Waals surface area (Å²) in [5, 5.41) is 5.73. The van der Waals surface area contributed by atoms with Gasteiger partial charge in [-0.1, -0.05) is 18.0 Å². The van der Waals surface area contributed by atoms with Gasteiger partial charge >= 0.3 is 7.82 Å². The maximum absolute atomic E-state index is 11.0. The largest absolute Gasteiger partial charge is 0.471 e. The smallest absolute Gasteiger partial charge is 0.356 e. The quantitative estimate of drug-likeness (QED) is 0.197. The van der Waals surface area contributed by atoms with Gasteiger partial charge in [0.25, 0.3) is 0 Å². The first-order valence-electron chi connectivity index (χ1n) is 5.82. The highest BCUT2D eigenvalue weighted by Gasteiger charge is 2.17. The highest BCUT2D eigenvalue weighted by Crippen LogP contribution is 2.41. The van der Waals surface area contributed by atoms with E-state index in [1.807, 2.05) is 0 Å². The number of phosphoric acid groups is 1. The molecule has 0 aromatic heterocycles. The van der Waals surface area contributed by atoms with Crippen molar-refractivity contribution < 1.29 is 23.3 Å². The average Bonchev–Trinajstić information content (AvgIpc) is 2.39. The van der Waals surface area contributed by atoms with Crippen molar-refractivity contribution in [1.82, 2.24) is 5.32 Å². The second-order valence-corrected chi connectivity index (χ2v) is 5.20. The van der Waals surface area contributed by atoms with E-state index in [0.29, 0.717) is 13.0 Å². The molecule has 0 bridgehead atoms. The Morgan fingerprint density at radius 2 is 2.11 bits per heavy atom. The van der Waals surface area contributed by atoms with Gasteiger partial charge in [0.05, 0.1) is 6.61 Å². The Morgan fingerprint density at radius 1 is 1.42 bits per heavy atom. The van der Waals surface area contributed by atoms with Gasteiger partial charge in [-0.3, -0.25) is 13.8 Å². The van der Waals surface area contributed by atoms with Crippen molar-refractivity contribution in [2.75, 3.05) is 26.8 Å². The molecule has 0 fully saturated rings. The van der Waals surface area contributed by atoms with Crippen molar-refractivity contribution in [3.05, 3.63) is 10.4 Å². The summed E-state index contributed by atoms with van der Waals surface area (Å²) in [6, 6.07) is 0. The molecule has 0 aliphatic carbocycles. The van der Waals surface area contributed by atoms with Crippen molar-refractivity contribution in [2.24, 2.45) is 5.11 Å². The molecule has 0 rings (SSSR count). The number of azide groups is 1. The van der Waals surface area contributed by atoms with Gasteiger partial charge in [0, 0.05) is 18.6 Å². The number of unbranched alkanes of at least 4 members (excludes halogenated alkanes) is 3. The van der Waals surface area contributed by atoms with E-state index in [0.717, 1.165) is 26.4 Å². The molecule has 0 saturated carbocycles. The number of nitrogens with one attached hydrogen (secondary N) is 1. The molecular weight excluding hydrogens is 275 g/mol. The van der Waals surface area contributed by atoms with E-state index in [4.69, 9.17) is 10.4 Å². The third kappa shape index (κ3) is 11.7. The number of rotatable bonds is 11. The number of hydrogen-bond acceptors (Lipinski definition) is 5. The highest BCUT2D eigenvalue weighted by molar-refractivity contribution is 7.47. The predicted octanol–water partition coefficient (Wildman–Crippen LogP) is 1.74. The lowest BCUT2D eigenvalue weighted by Gasteiger charge is -2.08. The first-order valence-corrected chi connectivity index (χ1v) is 7.32. The molecule has 1 amide bonds. The highest BCUT2D eigenvalue weighted by atomic mass is 31.2. The molecule has 0 saturated heterocycles. The lowest BCUT2D eigenvalue weighted by atomic mass is 10.2. The van der Waals surface area contributed by atoms with E-state index in [-0.39, 0.29) is 19.1 Å². The molecule has 110 valence electrons. The molecule has 0 aromatic rings. The van der Waals surface area contributed by atoms with Crippen LogP contribution in [0.25, 0.3) is 10.4 Å². The van der Waals surface area contributed by atoms with Crippen LogP contribution in [0, 0.1) is 0 Å². The standard InChI is InChI=1S/C9H19N4O5P/c1-17-19(15,16)18-7-5-3-2-4-6-11-9(14)8-12-13-10/h2-8H2,1H3,(H,11,14)(H,15,16). The number of phosphoric ester groups is 1. The molecule has 0 aromatic carbocycles. The van der Waals surface area contributed by atoms with Gasteiger partial charge in [0.15, 0.2) is 0 Å². The van der Waals surface area contributed by atoms with Crippen LogP contribution in [-0.2, 0) is 18.4 Å². The zero-order valence-corrected chi connectivity index (χ0v) is 11.7. The van der Waals surface area contributed by atoms with Gasteiger partial charge in [0.1, 0.15) is 6.54 Å². The average molecular weight is 294 g/mol. The van der Waals surface area contributed by atoms with E-state index >= 15 is 0 Å². The summed E-state index contributed by atoms with van der Waals surface area (Å²) in [6.07, 6.45) is 3.09. The lowest BCUT2D eigenvalue weighted by Crippen LogP contribution is -2.26. The number of carbonyl (C=O) groups excluding carboxylic acids is 1. The molecule has 0 aliphatic rings. The van der Waals surface area contributed by atoms with Crippen LogP contribution < -0.4 is 5.32 Å². The summed E-state index contributed by atoms with van der Waals surface area (Å²) in [6.45, 7) is 0.481. The number of carbonyl (C=O) groups is 1. The number of amides is 1. The van der Waals surface area contributed by atoms with Gasteiger partial charge in [-0.05, 0) is 18.4 Å². The van der Waals surface area contributed by atoms with Crippen LogP contribution >= 0.6 is 7.82 Å². The normalized spacial score (nSPS) is 13.4. The Labute approximate surface area is 111 Å². The fraction of sp³-hybridized carbons (Fsp3) is 0.889. The van der Waals surface area contributed by atoms with E-state index in [9.17, 15) is 9.36 Å². The van der Waals surface area contributed by atoms with Crippen LogP contribution in [0.15, 0.2) is 5.11 Å². The zero-order chi connectivity index (χ0) is 14.6. The fourth-order valence-corrected chi connectivity index (χ4v) is 1.66. The van der Waals surface area contributed by atoms with Gasteiger partial charge in [0.2, 0.25) is 5.91 Å². The number of nitrogens with zero attached hydrogens (tertiary/aromatic N) is 3. The molecule has 1 atom stereocenters. The molecule has 0 aliphatic heterocycles. The molecule has 0 heterocycles. The third-order valence-corrected chi connectivity index (χ3v) is 3.13. The maximum Gasteiger partial charge on any atom is 0.471 e. The summed E-state index contributed by atoms with van der Waals surface area (Å²) in [4.78, 5) is 22.4. The van der Waals surface area contributed by atoms with Crippen molar-refractivity contribution in [3.63, 3.8) is 0 Å². The van der Waals surface area contributed by atoms with Gasteiger partial charge in [-0.15, -0.1) is 0 Å². The summed E-state index contributed by atoms with van der Waals surface area (Å²) in [5.74, 6) is -0.303. The van der Waals surface area contributed by atoms with Crippen LogP contribution in [0.1, 0.15) is 25.7 Å². The van der Waals surface area contributed by atoms with E-state index in [1.54, 1.807) is 0 Å². The topological polar surface area (TPSA) is 134 Å². The van der Waals surface area contributed by atoms with Crippen molar-refractivity contribution >= 4 is 13.7 Å². The molecule has 19 heavy (non-hydrogen) atoms. The van der Waals surface area contributed by atoms with E-state index < -0.39 is 7.82 Å². The molecule has 0 spiro atoms. The van der Waals surface area contributed by atoms with Crippen LogP contribution in [0.2, 0.25) is 0 Å². The van der Waals surface area contributed by atoms with Crippen molar-refractivity contribution in [1.29, 1.82) is 0 Å². The van der Waals surface area contributed by atoms with Crippen LogP contribution in [-0.4, -0.2) is 37.6 Å². The Bertz CT molecular complexity index is 359. The monoisotopic (exact) mass is 294 g/mol. The Kier molecular flexibility index (Phi) is 10.1. The SMILES string of the molecule is COP(=O)(O)OCCCCCCNC(=O)CN=[N+]=[N-]. The van der Waals surface area contributed by atoms with Crippen molar-refractivity contribution in [2.45, 2.75) is 25.7 Å². The summed E-state index contributed by atoms with van der Waals surface area (Å²) in [7, 11) is -2.74. The fourth-order valence-electron chi connectivity index (χ4n) is 1.19. The van der Waals surface area contributed by atoms with Crippen LogP contribution in [0.5, 0.6) is 0 Å². The van der Waals surface area contributed by atoms with Gasteiger partial charge in [-0.2, -0.15) is 0 Å². The summed E-state index contributed by atoms with van der Waals surface area (Å²) in [5.41, 5.74) is 8.00. The van der Waals surface area contributed by atoms with Gasteiger partial charge < -0.3 is 10.2 Å². The molecule has 0 radical (unpaired) electrons. The molecule has 1 unspecified atom stereocenters. The second-order valence-electron chi connectivity index (χ2n) is 3.64.